The summed E-state index contributed by atoms with van der Waals surface area (Å²) in [5, 5.41) is 12.0. The van der Waals surface area contributed by atoms with Gasteiger partial charge in [-0.25, -0.2) is 4.98 Å². The van der Waals surface area contributed by atoms with Crippen molar-refractivity contribution >= 4 is 0 Å². The van der Waals surface area contributed by atoms with Crippen molar-refractivity contribution in [1.29, 1.82) is 0 Å². The monoisotopic (exact) mass is 542 g/mol. The highest BCUT2D eigenvalue weighted by Crippen LogP contribution is 2.43. The first-order valence-electron chi connectivity index (χ1n) is 12.6. The first kappa shape index (κ1) is 27.6. The van der Waals surface area contributed by atoms with E-state index in [2.05, 4.69) is 31.2 Å². The summed E-state index contributed by atoms with van der Waals surface area (Å²) < 4.78 is 12.9. The topological polar surface area (TPSA) is 55.5 Å². The van der Waals surface area contributed by atoms with Gasteiger partial charge in [-0.1, -0.05) is 79.9 Å². The fourth-order valence-electron chi connectivity index (χ4n) is 5.16. The number of aromatic nitrogens is 1. The van der Waals surface area contributed by atoms with Gasteiger partial charge in [0.1, 0.15) is 6.54 Å². The maximum absolute atomic E-state index is 12.0. The van der Waals surface area contributed by atoms with E-state index in [1.165, 1.54) is 12.0 Å². The summed E-state index contributed by atoms with van der Waals surface area (Å²) in [7, 11) is 4.40. The van der Waals surface area contributed by atoms with Crippen molar-refractivity contribution in [3.05, 3.63) is 89.6 Å². The third-order valence-electron chi connectivity index (χ3n) is 7.04. The van der Waals surface area contributed by atoms with Crippen LogP contribution in [0, 0.1) is 5.92 Å². The molecule has 0 amide bonds. The molecule has 4 rings (SSSR count). The van der Waals surface area contributed by atoms with Crippen molar-refractivity contribution < 1.29 is 35.7 Å². The third kappa shape index (κ3) is 7.26. The predicted molar refractivity (Wildman–Crippen MR) is 134 cm³/mol. The van der Waals surface area contributed by atoms with Crippen LogP contribution in [0.4, 0.5) is 0 Å². The highest BCUT2D eigenvalue weighted by atomic mass is 79.9. The zero-order chi connectivity index (χ0) is 23.9. The molecule has 0 aliphatic heterocycles. The number of ether oxygens (including phenoxy) is 1. The lowest BCUT2D eigenvalue weighted by Gasteiger charge is -2.36. The SMILES string of the molecule is C[N+](C)(CCCOCc1ccccc1)Cc1cnc(C(O)(c2ccccc2)C2CCCCC2)o1.[Br-]. The first-order valence-corrected chi connectivity index (χ1v) is 12.6. The number of hydrogen-bond donors (Lipinski definition) is 1. The molecular weight excluding hydrogens is 504 g/mol. The number of quaternary nitrogens is 1. The van der Waals surface area contributed by atoms with Crippen LogP contribution in [-0.2, 0) is 23.5 Å². The van der Waals surface area contributed by atoms with E-state index in [0.29, 0.717) is 12.5 Å². The molecule has 35 heavy (non-hydrogen) atoms. The Morgan fingerprint density at radius 3 is 2.34 bits per heavy atom. The Morgan fingerprint density at radius 2 is 1.66 bits per heavy atom. The smallest absolute Gasteiger partial charge is 0.231 e. The summed E-state index contributed by atoms with van der Waals surface area (Å²) in [5.41, 5.74) is 0.899. The second-order valence-corrected chi connectivity index (χ2v) is 10.3. The van der Waals surface area contributed by atoms with Crippen LogP contribution in [0.15, 0.2) is 71.3 Å². The Balaban J connectivity index is 0.00000342. The first-order chi connectivity index (χ1) is 16.5. The largest absolute Gasteiger partial charge is 1.00 e. The van der Waals surface area contributed by atoms with E-state index in [4.69, 9.17) is 9.15 Å². The third-order valence-corrected chi connectivity index (χ3v) is 7.04. The van der Waals surface area contributed by atoms with Crippen molar-refractivity contribution in [3.63, 3.8) is 0 Å². The molecule has 1 heterocycles. The fourth-order valence-corrected chi connectivity index (χ4v) is 5.16. The Morgan fingerprint density at radius 1 is 1.00 bits per heavy atom. The lowest BCUT2D eigenvalue weighted by atomic mass is 9.73. The minimum atomic E-state index is -1.18. The summed E-state index contributed by atoms with van der Waals surface area (Å²) >= 11 is 0. The quantitative estimate of drug-likeness (QED) is 0.299. The molecule has 1 aliphatic rings. The van der Waals surface area contributed by atoms with Gasteiger partial charge >= 0.3 is 0 Å². The highest BCUT2D eigenvalue weighted by Gasteiger charge is 2.44. The number of oxazole rings is 1. The Kier molecular flexibility index (Phi) is 10.1. The molecule has 1 fully saturated rings. The van der Waals surface area contributed by atoms with Crippen molar-refractivity contribution in [1.82, 2.24) is 4.98 Å². The normalized spacial score (nSPS) is 16.4. The van der Waals surface area contributed by atoms with Crippen LogP contribution >= 0.6 is 0 Å². The minimum absolute atomic E-state index is 0. The predicted octanol–water partition coefficient (Wildman–Crippen LogP) is 2.68. The van der Waals surface area contributed by atoms with Crippen LogP contribution in [0.25, 0.3) is 0 Å². The van der Waals surface area contributed by atoms with Gasteiger partial charge in [-0.3, -0.25) is 0 Å². The lowest BCUT2D eigenvalue weighted by Crippen LogP contribution is -3.00. The molecule has 190 valence electrons. The van der Waals surface area contributed by atoms with Gasteiger partial charge in [0.05, 0.1) is 40.1 Å². The molecule has 0 saturated heterocycles. The molecular formula is C29H39BrN2O3. The summed E-state index contributed by atoms with van der Waals surface area (Å²) in [6.45, 7) is 3.07. The van der Waals surface area contributed by atoms with Gasteiger partial charge in [0.25, 0.3) is 0 Å². The number of halogens is 1. The van der Waals surface area contributed by atoms with Crippen molar-refractivity contribution in [3.8, 4) is 0 Å². The maximum Gasteiger partial charge on any atom is 0.231 e. The molecule has 3 aromatic rings. The summed E-state index contributed by atoms with van der Waals surface area (Å²) in [5.74, 6) is 1.38. The number of rotatable bonds is 11. The van der Waals surface area contributed by atoms with E-state index < -0.39 is 5.60 Å². The van der Waals surface area contributed by atoms with Crippen LogP contribution in [-0.4, -0.2) is 41.8 Å². The fraction of sp³-hybridized carbons (Fsp3) is 0.483. The van der Waals surface area contributed by atoms with Gasteiger partial charge in [-0.15, -0.1) is 0 Å². The van der Waals surface area contributed by atoms with E-state index in [1.807, 2.05) is 48.5 Å². The lowest BCUT2D eigenvalue weighted by molar-refractivity contribution is -0.904. The Hall–Kier alpha value is -1.99. The van der Waals surface area contributed by atoms with E-state index in [9.17, 15) is 5.11 Å². The molecule has 5 nitrogen and oxygen atoms in total. The maximum atomic E-state index is 12.0. The molecule has 1 N–H and O–H groups in total. The van der Waals surface area contributed by atoms with Crippen LogP contribution in [0.5, 0.6) is 0 Å². The molecule has 1 unspecified atom stereocenters. The van der Waals surface area contributed by atoms with E-state index in [-0.39, 0.29) is 22.9 Å². The average Bonchev–Trinajstić information content (AvgIpc) is 3.33. The summed E-state index contributed by atoms with van der Waals surface area (Å²) in [6.07, 6.45) is 8.28. The molecule has 1 atom stereocenters. The zero-order valence-corrected chi connectivity index (χ0v) is 22.6. The second kappa shape index (κ2) is 12.8. The van der Waals surface area contributed by atoms with Gasteiger partial charge in [0.15, 0.2) is 11.4 Å². The molecule has 1 aromatic heterocycles. The molecule has 0 bridgehead atoms. The Bertz CT molecular complexity index is 1000. The minimum Gasteiger partial charge on any atom is -1.00 e. The highest BCUT2D eigenvalue weighted by molar-refractivity contribution is 5.30. The van der Waals surface area contributed by atoms with E-state index >= 15 is 0 Å². The van der Waals surface area contributed by atoms with Crippen LogP contribution in [0.1, 0.15) is 61.3 Å². The molecule has 0 spiro atoms. The second-order valence-electron chi connectivity index (χ2n) is 10.3. The van der Waals surface area contributed by atoms with Crippen LogP contribution in [0.2, 0.25) is 0 Å². The van der Waals surface area contributed by atoms with Crippen molar-refractivity contribution in [2.45, 2.75) is 57.3 Å². The molecule has 6 heteroatoms. The standard InChI is InChI=1S/C29H39N2O3.BrH/c1-31(2,19-12-20-33-23-24-13-6-3-7-14-24)22-27-21-30-28(34-27)29(32,25-15-8-4-9-16-25)26-17-10-5-11-18-26;/h3-4,6-9,13-16,21,26,32H,5,10-12,17-20,22-23H2,1-2H3;1H/q+1;/p-1. The molecule has 1 aliphatic carbocycles. The van der Waals surface area contributed by atoms with Gasteiger partial charge < -0.3 is 35.7 Å². The van der Waals surface area contributed by atoms with Crippen LogP contribution < -0.4 is 17.0 Å². The summed E-state index contributed by atoms with van der Waals surface area (Å²) in [6, 6.07) is 20.2. The van der Waals surface area contributed by atoms with Gasteiger partial charge in [0.2, 0.25) is 5.89 Å². The molecule has 2 aromatic carbocycles. The van der Waals surface area contributed by atoms with Gasteiger partial charge in [-0.05, 0) is 24.0 Å². The van der Waals surface area contributed by atoms with Crippen LogP contribution in [0.3, 0.4) is 0 Å². The average molecular weight is 544 g/mol. The van der Waals surface area contributed by atoms with E-state index in [0.717, 1.165) is 67.6 Å². The number of nitrogens with zero attached hydrogens (tertiary/aromatic N) is 2. The van der Waals surface area contributed by atoms with Crippen molar-refractivity contribution in [2.24, 2.45) is 5.92 Å². The summed E-state index contributed by atoms with van der Waals surface area (Å²) in [4.78, 5) is 4.62. The zero-order valence-electron chi connectivity index (χ0n) is 21.0. The van der Waals surface area contributed by atoms with Crippen molar-refractivity contribution in [2.75, 3.05) is 27.2 Å². The number of aliphatic hydroxyl groups is 1. The van der Waals surface area contributed by atoms with Gasteiger partial charge in [0, 0.05) is 12.3 Å². The number of hydrogen-bond acceptors (Lipinski definition) is 4. The Labute approximate surface area is 220 Å². The molecule has 0 radical (unpaired) electrons. The van der Waals surface area contributed by atoms with Gasteiger partial charge in [-0.2, -0.15) is 0 Å². The van der Waals surface area contributed by atoms with E-state index in [1.54, 1.807) is 6.20 Å². The number of benzene rings is 2. The molecule has 1 saturated carbocycles.